The number of carbonyl (C=O) groups is 1. The van der Waals surface area contributed by atoms with Crippen LogP contribution in [0.4, 0.5) is 5.69 Å². The zero-order valence-electron chi connectivity index (χ0n) is 10.4. The molecule has 0 amide bonds. The topological polar surface area (TPSA) is 98.9 Å². The Kier molecular flexibility index (Phi) is 3.75. The lowest BCUT2D eigenvalue weighted by molar-refractivity contribution is -0.386. The first-order valence-electron chi connectivity index (χ1n) is 4.99. The van der Waals surface area contributed by atoms with Gasteiger partial charge < -0.3 is 14.6 Å². The first-order chi connectivity index (χ1) is 8.36. The van der Waals surface area contributed by atoms with Gasteiger partial charge in [-0.2, -0.15) is 0 Å². The summed E-state index contributed by atoms with van der Waals surface area (Å²) in [5, 5.41) is 20.9. The number of carbonyl (C=O) groups excluding carboxylic acids is 1. The number of methoxy groups -OCH3 is 2. The van der Waals surface area contributed by atoms with Crippen molar-refractivity contribution in [1.82, 2.24) is 0 Å². The van der Waals surface area contributed by atoms with Crippen molar-refractivity contribution in [3.05, 3.63) is 21.2 Å². The highest BCUT2D eigenvalue weighted by molar-refractivity contribution is 6.01. The van der Waals surface area contributed by atoms with Crippen molar-refractivity contribution >= 4 is 11.5 Å². The molecule has 98 valence electrons. The van der Waals surface area contributed by atoms with Gasteiger partial charge in [-0.1, -0.05) is 0 Å². The molecule has 0 bridgehead atoms. The molecule has 18 heavy (non-hydrogen) atoms. The van der Waals surface area contributed by atoms with E-state index in [0.29, 0.717) is 0 Å². The smallest absolute Gasteiger partial charge is 0.318 e. The Balaban J connectivity index is 3.86. The third-order valence-electron chi connectivity index (χ3n) is 2.55. The normalized spacial score (nSPS) is 10.0. The standard InChI is InChI=1S/C11H13NO6/c1-5-7(6(2)13)10(17-3)9(14)11(18-4)8(5)12(15)16/h14H,1-4H3. The second-order valence-corrected chi connectivity index (χ2v) is 3.58. The van der Waals surface area contributed by atoms with Crippen LogP contribution in [0.15, 0.2) is 0 Å². The Morgan fingerprint density at radius 1 is 1.28 bits per heavy atom. The van der Waals surface area contributed by atoms with Gasteiger partial charge in [-0.05, 0) is 13.8 Å². The summed E-state index contributed by atoms with van der Waals surface area (Å²) in [5.41, 5.74) is -0.373. The van der Waals surface area contributed by atoms with Crippen LogP contribution in [0.25, 0.3) is 0 Å². The molecule has 0 unspecified atom stereocenters. The van der Waals surface area contributed by atoms with Gasteiger partial charge in [-0.25, -0.2) is 0 Å². The highest BCUT2D eigenvalue weighted by atomic mass is 16.6. The maximum Gasteiger partial charge on any atom is 0.318 e. The van der Waals surface area contributed by atoms with Crippen LogP contribution in [0.2, 0.25) is 0 Å². The average molecular weight is 255 g/mol. The van der Waals surface area contributed by atoms with E-state index in [4.69, 9.17) is 9.47 Å². The minimum Gasteiger partial charge on any atom is -0.501 e. The zero-order chi connectivity index (χ0) is 14.0. The molecule has 0 fully saturated rings. The molecule has 0 saturated heterocycles. The van der Waals surface area contributed by atoms with Crippen LogP contribution in [0.1, 0.15) is 22.8 Å². The van der Waals surface area contributed by atoms with Gasteiger partial charge in [-0.3, -0.25) is 14.9 Å². The molecule has 1 N–H and O–H groups in total. The van der Waals surface area contributed by atoms with E-state index < -0.39 is 22.1 Å². The highest BCUT2D eigenvalue weighted by Gasteiger charge is 2.32. The molecule has 1 aromatic rings. The second-order valence-electron chi connectivity index (χ2n) is 3.58. The summed E-state index contributed by atoms with van der Waals surface area (Å²) in [6.45, 7) is 2.64. The minimum absolute atomic E-state index is 0.0255. The number of nitrogens with zero attached hydrogens (tertiary/aromatic N) is 1. The monoisotopic (exact) mass is 255 g/mol. The van der Waals surface area contributed by atoms with Crippen LogP contribution in [-0.4, -0.2) is 30.0 Å². The van der Waals surface area contributed by atoms with Gasteiger partial charge in [0.1, 0.15) is 0 Å². The Hall–Kier alpha value is -2.31. The molecule has 0 spiro atoms. The maximum atomic E-state index is 11.5. The number of phenols is 1. The Labute approximate surface area is 103 Å². The molecule has 0 aliphatic carbocycles. The molecule has 0 aliphatic rings. The van der Waals surface area contributed by atoms with E-state index in [0.717, 1.165) is 0 Å². The molecule has 0 saturated carbocycles. The zero-order valence-corrected chi connectivity index (χ0v) is 10.4. The van der Waals surface area contributed by atoms with E-state index in [1.54, 1.807) is 0 Å². The second kappa shape index (κ2) is 4.91. The fourth-order valence-electron chi connectivity index (χ4n) is 1.83. The minimum atomic E-state index is -0.709. The number of rotatable bonds is 4. The van der Waals surface area contributed by atoms with Crippen LogP contribution < -0.4 is 9.47 Å². The molecule has 0 aliphatic heterocycles. The van der Waals surface area contributed by atoms with Crippen molar-refractivity contribution in [3.8, 4) is 17.2 Å². The van der Waals surface area contributed by atoms with Crippen molar-refractivity contribution in [3.63, 3.8) is 0 Å². The molecule has 7 heteroatoms. The van der Waals surface area contributed by atoms with Crippen LogP contribution in [0.3, 0.4) is 0 Å². The van der Waals surface area contributed by atoms with Crippen LogP contribution >= 0.6 is 0 Å². The number of phenolic OH excluding ortho intramolecular Hbond substituents is 1. The number of aromatic hydroxyl groups is 1. The average Bonchev–Trinajstić information content (AvgIpc) is 2.29. The van der Waals surface area contributed by atoms with Gasteiger partial charge in [0.2, 0.25) is 11.5 Å². The van der Waals surface area contributed by atoms with E-state index in [1.165, 1.54) is 28.1 Å². The van der Waals surface area contributed by atoms with Gasteiger partial charge in [0.15, 0.2) is 11.5 Å². The van der Waals surface area contributed by atoms with Gasteiger partial charge in [0, 0.05) is 5.56 Å². The van der Waals surface area contributed by atoms with E-state index in [2.05, 4.69) is 0 Å². The van der Waals surface area contributed by atoms with Crippen molar-refractivity contribution < 1.29 is 24.3 Å². The SMILES string of the molecule is COc1c(O)c(OC)c([N+](=O)[O-])c(C)c1C(C)=O. The van der Waals surface area contributed by atoms with E-state index in [9.17, 15) is 20.0 Å². The molecule has 0 radical (unpaired) electrons. The largest absolute Gasteiger partial charge is 0.501 e. The number of ketones is 1. The van der Waals surface area contributed by atoms with Crippen molar-refractivity contribution in [2.24, 2.45) is 0 Å². The van der Waals surface area contributed by atoms with Crippen LogP contribution in [0, 0.1) is 17.0 Å². The molecule has 0 heterocycles. The Morgan fingerprint density at radius 3 is 2.11 bits per heavy atom. The fraction of sp³-hybridized carbons (Fsp3) is 0.364. The molecular weight excluding hydrogens is 242 g/mol. The summed E-state index contributed by atoms with van der Waals surface area (Å²) < 4.78 is 9.73. The summed E-state index contributed by atoms with van der Waals surface area (Å²) in [6.07, 6.45) is 0. The number of hydrogen-bond donors (Lipinski definition) is 1. The lowest BCUT2D eigenvalue weighted by Crippen LogP contribution is -2.06. The van der Waals surface area contributed by atoms with E-state index >= 15 is 0 Å². The van der Waals surface area contributed by atoms with Gasteiger partial charge in [0.25, 0.3) is 0 Å². The number of nitro benzene ring substituents is 1. The summed E-state index contributed by atoms with van der Waals surface area (Å²) in [6, 6.07) is 0. The first-order valence-corrected chi connectivity index (χ1v) is 4.99. The first kappa shape index (κ1) is 13.8. The third kappa shape index (κ3) is 1.94. The quantitative estimate of drug-likeness (QED) is 0.500. The molecular formula is C11H13NO6. The summed E-state index contributed by atoms with van der Waals surface area (Å²) in [5.74, 6) is -1.44. The third-order valence-corrected chi connectivity index (χ3v) is 2.55. The summed E-state index contributed by atoms with van der Waals surface area (Å²) >= 11 is 0. The number of nitro groups is 1. The predicted molar refractivity (Wildman–Crippen MR) is 62.6 cm³/mol. The van der Waals surface area contributed by atoms with Gasteiger partial charge in [-0.15, -0.1) is 0 Å². The summed E-state index contributed by atoms with van der Waals surface area (Å²) in [7, 11) is 2.45. The lowest BCUT2D eigenvalue weighted by Gasteiger charge is -2.14. The van der Waals surface area contributed by atoms with Gasteiger partial charge in [0.05, 0.1) is 24.7 Å². The predicted octanol–water partition coefficient (Wildman–Crippen LogP) is 1.83. The van der Waals surface area contributed by atoms with Crippen molar-refractivity contribution in [1.29, 1.82) is 0 Å². The molecule has 0 aromatic heterocycles. The molecule has 0 atom stereocenters. The number of benzene rings is 1. The molecule has 7 nitrogen and oxygen atoms in total. The van der Waals surface area contributed by atoms with Crippen molar-refractivity contribution in [2.45, 2.75) is 13.8 Å². The highest BCUT2D eigenvalue weighted by Crippen LogP contribution is 2.48. The van der Waals surface area contributed by atoms with Crippen LogP contribution in [0.5, 0.6) is 17.2 Å². The number of Topliss-reactive ketones (excluding diaryl/α,β-unsaturated/α-hetero) is 1. The summed E-state index contributed by atoms with van der Waals surface area (Å²) in [4.78, 5) is 21.8. The van der Waals surface area contributed by atoms with Gasteiger partial charge >= 0.3 is 5.69 Å². The number of hydrogen-bond acceptors (Lipinski definition) is 6. The van der Waals surface area contributed by atoms with Crippen LogP contribution in [-0.2, 0) is 0 Å². The number of ether oxygens (including phenoxy) is 2. The van der Waals surface area contributed by atoms with Crippen molar-refractivity contribution in [2.75, 3.05) is 14.2 Å². The Bertz CT molecular complexity index is 480. The molecule has 1 rings (SSSR count). The Morgan fingerprint density at radius 2 is 1.78 bits per heavy atom. The van der Waals surface area contributed by atoms with E-state index in [-0.39, 0.29) is 22.6 Å². The molecule has 1 aromatic carbocycles. The fourth-order valence-corrected chi connectivity index (χ4v) is 1.83. The lowest BCUT2D eigenvalue weighted by atomic mass is 10.0. The van der Waals surface area contributed by atoms with E-state index in [1.807, 2.05) is 0 Å². The maximum absolute atomic E-state index is 11.5.